The Morgan fingerprint density at radius 2 is 0.562 bits per heavy atom. The number of rotatable bonds is 49. The molecule has 0 rings (SSSR count). The van der Waals surface area contributed by atoms with Crippen LogP contribution in [-0.4, -0.2) is 37.2 Å². The Labute approximate surface area is 396 Å². The highest BCUT2D eigenvalue weighted by molar-refractivity contribution is 5.71. The van der Waals surface area contributed by atoms with Crippen molar-refractivity contribution in [2.24, 2.45) is 0 Å². The van der Waals surface area contributed by atoms with Crippen molar-refractivity contribution >= 4 is 17.9 Å². The second kappa shape index (κ2) is 52.7. The van der Waals surface area contributed by atoms with Gasteiger partial charge in [0.2, 0.25) is 0 Å². The van der Waals surface area contributed by atoms with E-state index in [1.165, 1.54) is 141 Å². The molecule has 0 aliphatic rings. The Hall–Kier alpha value is -2.89. The summed E-state index contributed by atoms with van der Waals surface area (Å²) in [4.78, 5) is 38.0. The highest BCUT2D eigenvalue weighted by atomic mass is 16.6. The maximum atomic E-state index is 12.8. The van der Waals surface area contributed by atoms with Crippen molar-refractivity contribution in [2.45, 2.75) is 277 Å². The molecule has 0 bridgehead atoms. The predicted octanol–water partition coefficient (Wildman–Crippen LogP) is 18.0. The summed E-state index contributed by atoms with van der Waals surface area (Å²) >= 11 is 0. The highest BCUT2D eigenvalue weighted by Gasteiger charge is 2.19. The van der Waals surface area contributed by atoms with E-state index in [4.69, 9.17) is 14.2 Å². The Morgan fingerprint density at radius 3 is 0.922 bits per heavy atom. The third kappa shape index (κ3) is 50.1. The molecule has 0 aromatic carbocycles. The molecule has 0 fully saturated rings. The van der Waals surface area contributed by atoms with Crippen molar-refractivity contribution in [2.75, 3.05) is 13.2 Å². The van der Waals surface area contributed by atoms with Gasteiger partial charge in [-0.25, -0.2) is 0 Å². The summed E-state index contributed by atoms with van der Waals surface area (Å²) in [6, 6.07) is 0. The number of carbonyl (C=O) groups is 3. The van der Waals surface area contributed by atoms with Crippen LogP contribution in [-0.2, 0) is 28.6 Å². The van der Waals surface area contributed by atoms with Crippen molar-refractivity contribution in [3.05, 3.63) is 60.8 Å². The molecule has 6 heteroatoms. The van der Waals surface area contributed by atoms with E-state index in [0.717, 1.165) is 89.9 Å². The van der Waals surface area contributed by atoms with E-state index < -0.39 is 6.10 Å². The summed E-state index contributed by atoms with van der Waals surface area (Å²) in [5, 5.41) is 0. The Morgan fingerprint density at radius 1 is 0.312 bits per heavy atom. The van der Waals surface area contributed by atoms with Crippen molar-refractivity contribution < 1.29 is 28.6 Å². The third-order valence-electron chi connectivity index (χ3n) is 11.7. The number of carbonyl (C=O) groups excluding carboxylic acids is 3. The van der Waals surface area contributed by atoms with Gasteiger partial charge in [0.25, 0.3) is 0 Å². The second-order valence-corrected chi connectivity index (χ2v) is 18.1. The fourth-order valence-corrected chi connectivity index (χ4v) is 7.60. The Kier molecular flexibility index (Phi) is 50.4. The first-order valence-corrected chi connectivity index (χ1v) is 27.3. The zero-order chi connectivity index (χ0) is 46.5. The van der Waals surface area contributed by atoms with Gasteiger partial charge in [0.05, 0.1) is 0 Å². The topological polar surface area (TPSA) is 78.9 Å². The molecule has 0 aliphatic carbocycles. The fourth-order valence-electron chi connectivity index (χ4n) is 7.60. The quantitative estimate of drug-likeness (QED) is 0.0262. The molecule has 0 N–H and O–H groups in total. The highest BCUT2D eigenvalue weighted by Crippen LogP contribution is 2.15. The average molecular weight is 895 g/mol. The van der Waals surface area contributed by atoms with Crippen LogP contribution in [0.25, 0.3) is 0 Å². The Balaban J connectivity index is 4.34. The fraction of sp³-hybridized carbons (Fsp3) is 0.776. The first kappa shape index (κ1) is 61.1. The van der Waals surface area contributed by atoms with Gasteiger partial charge in [-0.15, -0.1) is 0 Å². The van der Waals surface area contributed by atoms with E-state index in [2.05, 4.69) is 81.5 Å². The molecular weight excluding hydrogens is 793 g/mol. The number of hydrogen-bond acceptors (Lipinski definition) is 6. The van der Waals surface area contributed by atoms with Crippen LogP contribution < -0.4 is 0 Å². The molecule has 0 aromatic heterocycles. The van der Waals surface area contributed by atoms with Gasteiger partial charge in [-0.3, -0.25) is 14.4 Å². The minimum atomic E-state index is -0.781. The lowest BCUT2D eigenvalue weighted by molar-refractivity contribution is -0.167. The molecule has 6 nitrogen and oxygen atoms in total. The monoisotopic (exact) mass is 895 g/mol. The van der Waals surface area contributed by atoms with Gasteiger partial charge in [0.1, 0.15) is 13.2 Å². The van der Waals surface area contributed by atoms with Crippen LogP contribution in [0.1, 0.15) is 271 Å². The molecule has 0 heterocycles. The van der Waals surface area contributed by atoms with Crippen molar-refractivity contribution in [3.63, 3.8) is 0 Å². The molecule has 0 saturated carbocycles. The van der Waals surface area contributed by atoms with Crippen LogP contribution in [0.3, 0.4) is 0 Å². The number of esters is 3. The summed E-state index contributed by atoms with van der Waals surface area (Å²) in [6.45, 7) is 6.57. The van der Waals surface area contributed by atoms with Crippen LogP contribution in [0.4, 0.5) is 0 Å². The molecule has 0 spiro atoms. The first-order chi connectivity index (χ1) is 31.5. The SMILES string of the molecule is CCCCC/C=C\C/C=C\C/C=C\CCCCCCCCC(=O)OCC(COC(=O)CCCCCCCCCCC)OC(=O)CCCCCCCCC/C=C\C/C=C\CCCCCC. The van der Waals surface area contributed by atoms with Crippen LogP contribution in [0.2, 0.25) is 0 Å². The van der Waals surface area contributed by atoms with Crippen LogP contribution in [0.5, 0.6) is 0 Å². The van der Waals surface area contributed by atoms with Crippen LogP contribution >= 0.6 is 0 Å². The van der Waals surface area contributed by atoms with Gasteiger partial charge in [0, 0.05) is 19.3 Å². The number of ether oxygens (including phenoxy) is 3. The van der Waals surface area contributed by atoms with Gasteiger partial charge in [-0.2, -0.15) is 0 Å². The zero-order valence-corrected chi connectivity index (χ0v) is 42.3. The van der Waals surface area contributed by atoms with E-state index in [1.54, 1.807) is 0 Å². The largest absolute Gasteiger partial charge is 0.462 e. The van der Waals surface area contributed by atoms with E-state index in [-0.39, 0.29) is 31.1 Å². The van der Waals surface area contributed by atoms with E-state index in [9.17, 15) is 14.4 Å². The minimum Gasteiger partial charge on any atom is -0.462 e. The maximum Gasteiger partial charge on any atom is 0.306 e. The molecule has 0 aliphatic heterocycles. The molecule has 1 atom stereocenters. The maximum absolute atomic E-state index is 12.8. The normalized spacial score (nSPS) is 12.5. The number of unbranched alkanes of at least 4 members (excludes halogenated alkanes) is 28. The van der Waals surface area contributed by atoms with E-state index in [1.807, 2.05) is 0 Å². The lowest BCUT2D eigenvalue weighted by atomic mass is 10.1. The molecule has 0 aromatic rings. The molecule has 370 valence electrons. The van der Waals surface area contributed by atoms with Crippen molar-refractivity contribution in [3.8, 4) is 0 Å². The molecular formula is C58H102O6. The summed E-state index contributed by atoms with van der Waals surface area (Å²) in [5.74, 6) is -0.897. The lowest BCUT2D eigenvalue weighted by Crippen LogP contribution is -2.30. The predicted molar refractivity (Wildman–Crippen MR) is 275 cm³/mol. The number of hydrogen-bond donors (Lipinski definition) is 0. The molecule has 64 heavy (non-hydrogen) atoms. The first-order valence-electron chi connectivity index (χ1n) is 27.3. The molecule has 0 saturated heterocycles. The summed E-state index contributed by atoms with van der Waals surface area (Å²) < 4.78 is 16.8. The smallest absolute Gasteiger partial charge is 0.306 e. The summed E-state index contributed by atoms with van der Waals surface area (Å²) in [5.41, 5.74) is 0. The third-order valence-corrected chi connectivity index (χ3v) is 11.7. The van der Waals surface area contributed by atoms with Crippen molar-refractivity contribution in [1.29, 1.82) is 0 Å². The minimum absolute atomic E-state index is 0.0803. The van der Waals surface area contributed by atoms with Gasteiger partial charge in [-0.1, -0.05) is 223 Å². The van der Waals surface area contributed by atoms with Crippen molar-refractivity contribution in [1.82, 2.24) is 0 Å². The van der Waals surface area contributed by atoms with Gasteiger partial charge >= 0.3 is 17.9 Å². The summed E-state index contributed by atoms with van der Waals surface area (Å²) in [7, 11) is 0. The van der Waals surface area contributed by atoms with Crippen LogP contribution in [0.15, 0.2) is 60.8 Å². The molecule has 1 unspecified atom stereocenters. The van der Waals surface area contributed by atoms with Gasteiger partial charge in [0.15, 0.2) is 6.10 Å². The van der Waals surface area contributed by atoms with E-state index in [0.29, 0.717) is 19.3 Å². The van der Waals surface area contributed by atoms with Crippen LogP contribution in [0, 0.1) is 0 Å². The summed E-state index contributed by atoms with van der Waals surface area (Å²) in [6.07, 6.45) is 64.9. The standard InChI is InChI=1S/C58H102O6/c1-4-7-10-13-16-19-21-23-25-27-29-31-32-34-36-39-42-45-48-51-57(60)63-54-55(53-62-56(59)50-47-44-41-38-18-15-12-9-6-3)64-58(61)52-49-46-43-40-37-35-33-30-28-26-24-22-20-17-14-11-8-5-2/h16,19-20,22-23,25-26,28-29,31,55H,4-15,17-18,21,24,27,30,32-54H2,1-3H3/b19-16-,22-20-,25-23-,28-26-,31-29-. The van der Waals surface area contributed by atoms with Gasteiger partial charge in [-0.05, 0) is 89.9 Å². The van der Waals surface area contributed by atoms with E-state index >= 15 is 0 Å². The lowest BCUT2D eigenvalue weighted by Gasteiger charge is -2.18. The molecule has 0 radical (unpaired) electrons. The van der Waals surface area contributed by atoms with Gasteiger partial charge < -0.3 is 14.2 Å². The number of allylic oxidation sites excluding steroid dienone is 10. The average Bonchev–Trinajstić information content (AvgIpc) is 3.29. The molecule has 0 amide bonds. The zero-order valence-electron chi connectivity index (χ0n) is 42.3. The Bertz CT molecular complexity index is 1170. The second-order valence-electron chi connectivity index (χ2n) is 18.1.